The van der Waals surface area contributed by atoms with Gasteiger partial charge in [0.15, 0.2) is 5.82 Å². The van der Waals surface area contributed by atoms with Crippen LogP contribution in [0.1, 0.15) is 19.3 Å². The number of nitrogen functional groups attached to an aromatic ring is 1. The summed E-state index contributed by atoms with van der Waals surface area (Å²) in [5.41, 5.74) is 5.60. The molecule has 0 aromatic carbocycles. The molecule has 1 atom stereocenters. The van der Waals surface area contributed by atoms with Gasteiger partial charge in [-0.2, -0.15) is 0 Å². The molecule has 0 bridgehead atoms. The van der Waals surface area contributed by atoms with E-state index in [1.807, 2.05) is 0 Å². The van der Waals surface area contributed by atoms with E-state index in [1.165, 1.54) is 6.42 Å². The van der Waals surface area contributed by atoms with Gasteiger partial charge in [-0.3, -0.25) is 0 Å². The van der Waals surface area contributed by atoms with Crippen molar-refractivity contribution >= 4 is 5.82 Å². The molecule has 15 heavy (non-hydrogen) atoms. The minimum atomic E-state index is 0.167. The molecule has 0 spiro atoms. The van der Waals surface area contributed by atoms with Gasteiger partial charge >= 0.3 is 0 Å². The van der Waals surface area contributed by atoms with Gasteiger partial charge in [0.2, 0.25) is 0 Å². The number of nitrogens with zero attached hydrogens (tertiary/aromatic N) is 2. The Bertz CT molecular complexity index is 313. The van der Waals surface area contributed by atoms with Gasteiger partial charge in [-0.15, -0.1) is 0 Å². The first kappa shape index (κ1) is 10.2. The predicted molar refractivity (Wildman–Crippen MR) is 55.5 cm³/mol. The van der Waals surface area contributed by atoms with Crippen molar-refractivity contribution in [2.45, 2.75) is 25.4 Å². The Morgan fingerprint density at radius 2 is 2.27 bits per heavy atom. The Hall–Kier alpha value is -1.36. The zero-order valence-corrected chi connectivity index (χ0v) is 8.56. The van der Waals surface area contributed by atoms with E-state index < -0.39 is 0 Å². The Kier molecular flexibility index (Phi) is 3.34. The van der Waals surface area contributed by atoms with Crippen LogP contribution in [-0.2, 0) is 4.74 Å². The zero-order valence-electron chi connectivity index (χ0n) is 8.56. The van der Waals surface area contributed by atoms with Gasteiger partial charge in [-0.25, -0.2) is 9.97 Å². The highest BCUT2D eigenvalue weighted by molar-refractivity contribution is 5.38. The normalized spacial score (nSPS) is 21.2. The zero-order chi connectivity index (χ0) is 10.5. The van der Waals surface area contributed by atoms with E-state index in [9.17, 15) is 0 Å². The fourth-order valence-corrected chi connectivity index (χ4v) is 1.56. The third-order valence-corrected chi connectivity index (χ3v) is 2.37. The van der Waals surface area contributed by atoms with Gasteiger partial charge in [-0.1, -0.05) is 0 Å². The molecule has 1 saturated heterocycles. The summed E-state index contributed by atoms with van der Waals surface area (Å²) < 4.78 is 11.0. The summed E-state index contributed by atoms with van der Waals surface area (Å²) in [5, 5.41) is 0. The average Bonchev–Trinajstić information content (AvgIpc) is 2.29. The van der Waals surface area contributed by atoms with Crippen LogP contribution in [0.15, 0.2) is 12.4 Å². The topological polar surface area (TPSA) is 70.3 Å². The first-order chi connectivity index (χ1) is 7.36. The molecular formula is C10H15N3O2. The molecule has 1 fully saturated rings. The van der Waals surface area contributed by atoms with E-state index >= 15 is 0 Å². The van der Waals surface area contributed by atoms with Crippen molar-refractivity contribution in [3.63, 3.8) is 0 Å². The fraction of sp³-hybridized carbons (Fsp3) is 0.600. The van der Waals surface area contributed by atoms with Gasteiger partial charge in [-0.05, 0) is 19.3 Å². The first-order valence-electron chi connectivity index (χ1n) is 5.17. The minimum absolute atomic E-state index is 0.167. The number of hydrogen-bond donors (Lipinski definition) is 1. The maximum absolute atomic E-state index is 5.60. The van der Waals surface area contributed by atoms with Gasteiger partial charge in [0.25, 0.3) is 5.88 Å². The van der Waals surface area contributed by atoms with Gasteiger partial charge < -0.3 is 15.2 Å². The lowest BCUT2D eigenvalue weighted by molar-refractivity contribution is -0.0118. The maximum Gasteiger partial charge on any atom is 0.257 e. The lowest BCUT2D eigenvalue weighted by Gasteiger charge is -2.22. The van der Waals surface area contributed by atoms with Crippen molar-refractivity contribution in [1.29, 1.82) is 0 Å². The molecule has 82 valence electrons. The maximum atomic E-state index is 5.60. The average molecular weight is 209 g/mol. The molecule has 5 heteroatoms. The number of aromatic nitrogens is 2. The first-order valence-corrected chi connectivity index (χ1v) is 5.17. The lowest BCUT2D eigenvalue weighted by atomic mass is 10.1. The molecule has 1 unspecified atom stereocenters. The quantitative estimate of drug-likeness (QED) is 0.804. The molecule has 0 aliphatic carbocycles. The number of hydrogen-bond acceptors (Lipinski definition) is 5. The molecule has 0 saturated carbocycles. The van der Waals surface area contributed by atoms with Crippen molar-refractivity contribution in [3.05, 3.63) is 12.4 Å². The van der Waals surface area contributed by atoms with Crippen LogP contribution in [0.3, 0.4) is 0 Å². The Morgan fingerprint density at radius 3 is 3.00 bits per heavy atom. The summed E-state index contributed by atoms with van der Waals surface area (Å²) in [7, 11) is 0. The lowest BCUT2D eigenvalue weighted by Crippen LogP contribution is -2.26. The smallest absolute Gasteiger partial charge is 0.257 e. The molecule has 2 heterocycles. The summed E-state index contributed by atoms with van der Waals surface area (Å²) in [6.45, 7) is 1.33. The number of rotatable bonds is 3. The van der Waals surface area contributed by atoms with Crippen LogP contribution < -0.4 is 10.5 Å². The van der Waals surface area contributed by atoms with E-state index in [0.717, 1.165) is 19.4 Å². The number of ether oxygens (including phenoxy) is 2. The predicted octanol–water partition coefficient (Wildman–Crippen LogP) is 1.01. The highest BCUT2D eigenvalue weighted by atomic mass is 16.5. The third kappa shape index (κ3) is 2.79. The number of nitrogens with two attached hydrogens (primary N) is 1. The van der Waals surface area contributed by atoms with Crippen LogP contribution in [0, 0.1) is 0 Å². The van der Waals surface area contributed by atoms with Crippen LogP contribution in [0.4, 0.5) is 5.82 Å². The second-order valence-corrected chi connectivity index (χ2v) is 3.55. The molecule has 0 radical (unpaired) electrons. The van der Waals surface area contributed by atoms with E-state index in [2.05, 4.69) is 9.97 Å². The highest BCUT2D eigenvalue weighted by Crippen LogP contribution is 2.17. The van der Waals surface area contributed by atoms with Crippen LogP contribution in [0.5, 0.6) is 5.88 Å². The van der Waals surface area contributed by atoms with Gasteiger partial charge in [0.05, 0.1) is 6.10 Å². The number of anilines is 1. The minimum Gasteiger partial charge on any atom is -0.472 e. The summed E-state index contributed by atoms with van der Waals surface area (Å²) >= 11 is 0. The standard InChI is InChI=1S/C10H15N3O2/c11-9-10(13-5-4-12-9)15-7-8-3-1-2-6-14-8/h4-5,8H,1-3,6-7H2,(H2,11,12). The molecule has 1 aromatic rings. The van der Waals surface area contributed by atoms with Crippen LogP contribution in [0.25, 0.3) is 0 Å². The molecule has 5 nitrogen and oxygen atoms in total. The van der Waals surface area contributed by atoms with Crippen molar-refractivity contribution < 1.29 is 9.47 Å². The van der Waals surface area contributed by atoms with E-state index in [1.54, 1.807) is 12.4 Å². The van der Waals surface area contributed by atoms with E-state index in [4.69, 9.17) is 15.2 Å². The molecule has 2 N–H and O–H groups in total. The van der Waals surface area contributed by atoms with Crippen molar-refractivity contribution in [3.8, 4) is 5.88 Å². The van der Waals surface area contributed by atoms with Crippen LogP contribution in [-0.4, -0.2) is 29.3 Å². The molecular weight excluding hydrogens is 194 g/mol. The third-order valence-electron chi connectivity index (χ3n) is 2.37. The monoisotopic (exact) mass is 209 g/mol. The Balaban J connectivity index is 1.84. The summed E-state index contributed by atoms with van der Waals surface area (Å²) in [6.07, 6.45) is 6.65. The Labute approximate surface area is 88.6 Å². The Morgan fingerprint density at radius 1 is 1.40 bits per heavy atom. The second-order valence-electron chi connectivity index (χ2n) is 3.55. The van der Waals surface area contributed by atoms with E-state index in [0.29, 0.717) is 18.3 Å². The van der Waals surface area contributed by atoms with Crippen molar-refractivity contribution in [1.82, 2.24) is 9.97 Å². The van der Waals surface area contributed by atoms with Crippen molar-refractivity contribution in [2.75, 3.05) is 18.9 Å². The molecule has 1 aliphatic rings. The highest BCUT2D eigenvalue weighted by Gasteiger charge is 2.15. The largest absolute Gasteiger partial charge is 0.472 e. The fourth-order valence-electron chi connectivity index (χ4n) is 1.56. The van der Waals surface area contributed by atoms with E-state index in [-0.39, 0.29) is 6.10 Å². The van der Waals surface area contributed by atoms with Crippen LogP contribution >= 0.6 is 0 Å². The molecule has 1 aliphatic heterocycles. The molecule has 0 amide bonds. The van der Waals surface area contributed by atoms with Crippen molar-refractivity contribution in [2.24, 2.45) is 0 Å². The SMILES string of the molecule is Nc1nccnc1OCC1CCCCO1. The van der Waals surface area contributed by atoms with Gasteiger partial charge in [0.1, 0.15) is 6.61 Å². The van der Waals surface area contributed by atoms with Gasteiger partial charge in [0, 0.05) is 19.0 Å². The second kappa shape index (κ2) is 4.93. The summed E-state index contributed by atoms with van der Waals surface area (Å²) in [6, 6.07) is 0. The molecule has 2 rings (SSSR count). The molecule has 1 aromatic heterocycles. The van der Waals surface area contributed by atoms with Crippen LogP contribution in [0.2, 0.25) is 0 Å². The summed E-state index contributed by atoms with van der Waals surface area (Å²) in [5.74, 6) is 0.722. The summed E-state index contributed by atoms with van der Waals surface area (Å²) in [4.78, 5) is 7.89.